The number of rotatable bonds is 7. The maximum absolute atomic E-state index is 11.7. The molecule has 1 heterocycles. The normalized spacial score (nSPS) is 10.0. The number of hydrogen-bond donors (Lipinski definition) is 1. The number of furan rings is 1. The number of allylic oxidation sites excluding steroid dienone is 1. The van der Waals surface area contributed by atoms with Gasteiger partial charge in [0.15, 0.2) is 0 Å². The third kappa shape index (κ3) is 4.45. The zero-order valence-electron chi connectivity index (χ0n) is 12.1. The van der Waals surface area contributed by atoms with E-state index in [1.807, 2.05) is 18.1 Å². The van der Waals surface area contributed by atoms with Gasteiger partial charge in [0.2, 0.25) is 0 Å². The van der Waals surface area contributed by atoms with Gasteiger partial charge in [0.1, 0.15) is 18.3 Å². The molecule has 2 rings (SSSR count). The second kappa shape index (κ2) is 7.98. The number of carbonyl (C=O) groups is 1. The molecule has 0 aliphatic carbocycles. The summed E-state index contributed by atoms with van der Waals surface area (Å²) in [6, 6.07) is 10.8. The first-order chi connectivity index (χ1) is 10.7. The molecule has 2 aromatic rings. The minimum Gasteiger partial charge on any atom is -0.466 e. The summed E-state index contributed by atoms with van der Waals surface area (Å²) < 4.78 is 10.1. The summed E-state index contributed by atoms with van der Waals surface area (Å²) in [6.07, 6.45) is 1.91. The Hall–Kier alpha value is -2.62. The predicted molar refractivity (Wildman–Crippen MR) is 81.2 cm³/mol. The zero-order chi connectivity index (χ0) is 15.8. The van der Waals surface area contributed by atoms with Crippen molar-refractivity contribution in [1.29, 1.82) is 0 Å². The van der Waals surface area contributed by atoms with Crippen LogP contribution in [0.3, 0.4) is 0 Å². The summed E-state index contributed by atoms with van der Waals surface area (Å²) in [5.41, 5.74) is 7.69. The third-order valence-corrected chi connectivity index (χ3v) is 3.20. The highest BCUT2D eigenvalue weighted by Crippen LogP contribution is 2.18. The van der Waals surface area contributed by atoms with E-state index in [-0.39, 0.29) is 25.4 Å². The molecule has 0 amide bonds. The van der Waals surface area contributed by atoms with Crippen LogP contribution in [0.25, 0.3) is 5.57 Å². The number of benzene rings is 1. The Balaban J connectivity index is 1.85. The molecule has 114 valence electrons. The molecule has 2 N–H and O–H groups in total. The van der Waals surface area contributed by atoms with Gasteiger partial charge < -0.3 is 14.9 Å². The quantitative estimate of drug-likeness (QED) is 0.627. The smallest absolute Gasteiger partial charge is 0.306 e. The van der Waals surface area contributed by atoms with Gasteiger partial charge in [0, 0.05) is 12.1 Å². The predicted octanol–water partition coefficient (Wildman–Crippen LogP) is 2.48. The van der Waals surface area contributed by atoms with E-state index in [2.05, 4.69) is 0 Å². The summed E-state index contributed by atoms with van der Waals surface area (Å²) in [5.74, 6) is 2.08. The van der Waals surface area contributed by atoms with Crippen LogP contribution in [0.4, 0.5) is 0 Å². The van der Waals surface area contributed by atoms with Crippen LogP contribution < -0.4 is 5.73 Å². The summed E-state index contributed by atoms with van der Waals surface area (Å²) >= 11 is 0. The maximum Gasteiger partial charge on any atom is 0.306 e. The molecule has 0 spiro atoms. The second-order valence-electron chi connectivity index (χ2n) is 4.72. The van der Waals surface area contributed by atoms with Crippen molar-refractivity contribution in [2.24, 2.45) is 5.73 Å². The van der Waals surface area contributed by atoms with Crippen molar-refractivity contribution in [3.05, 3.63) is 59.5 Å². The van der Waals surface area contributed by atoms with Gasteiger partial charge in [-0.2, -0.15) is 0 Å². The van der Waals surface area contributed by atoms with Crippen molar-refractivity contribution in [2.45, 2.75) is 26.0 Å². The lowest BCUT2D eigenvalue weighted by Crippen LogP contribution is -2.04. The van der Waals surface area contributed by atoms with E-state index < -0.39 is 0 Å². The number of hydrogen-bond acceptors (Lipinski definition) is 5. The van der Waals surface area contributed by atoms with Crippen LogP contribution in [0.15, 0.2) is 47.1 Å². The van der Waals surface area contributed by atoms with Gasteiger partial charge in [-0.05, 0) is 29.7 Å². The van der Waals surface area contributed by atoms with Crippen LogP contribution in [0.5, 0.6) is 0 Å². The first-order valence-corrected chi connectivity index (χ1v) is 6.94. The molecule has 0 aliphatic rings. The van der Waals surface area contributed by atoms with E-state index in [9.17, 15) is 9.59 Å². The Morgan fingerprint density at radius 1 is 1.18 bits per heavy atom. The molecule has 0 saturated heterocycles. The third-order valence-electron chi connectivity index (χ3n) is 3.20. The van der Waals surface area contributed by atoms with Crippen LogP contribution in [-0.2, 0) is 27.5 Å². The van der Waals surface area contributed by atoms with Crippen LogP contribution >= 0.6 is 0 Å². The van der Waals surface area contributed by atoms with Gasteiger partial charge in [0.05, 0.1) is 12.7 Å². The van der Waals surface area contributed by atoms with Crippen molar-refractivity contribution in [2.75, 3.05) is 0 Å². The second-order valence-corrected chi connectivity index (χ2v) is 4.72. The SMILES string of the molecule is NCc1ccc(C(=C=O)CCC(=O)OCc2ccco2)cc1. The topological polar surface area (TPSA) is 82.5 Å². The Morgan fingerprint density at radius 3 is 2.55 bits per heavy atom. The number of esters is 1. The lowest BCUT2D eigenvalue weighted by Gasteiger charge is -2.05. The summed E-state index contributed by atoms with van der Waals surface area (Å²) in [6.45, 7) is 0.538. The zero-order valence-corrected chi connectivity index (χ0v) is 12.1. The first-order valence-electron chi connectivity index (χ1n) is 6.94. The van der Waals surface area contributed by atoms with Crippen molar-refractivity contribution < 1.29 is 18.7 Å². The van der Waals surface area contributed by atoms with Crippen molar-refractivity contribution >= 4 is 17.5 Å². The lowest BCUT2D eigenvalue weighted by molar-refractivity contribution is -0.145. The highest BCUT2D eigenvalue weighted by Gasteiger charge is 2.09. The van der Waals surface area contributed by atoms with E-state index >= 15 is 0 Å². The summed E-state index contributed by atoms with van der Waals surface area (Å²) in [5, 5.41) is 0. The van der Waals surface area contributed by atoms with E-state index in [0.717, 1.165) is 11.1 Å². The van der Waals surface area contributed by atoms with E-state index in [1.54, 1.807) is 24.3 Å². The molecule has 22 heavy (non-hydrogen) atoms. The van der Waals surface area contributed by atoms with Crippen LogP contribution in [0.2, 0.25) is 0 Å². The van der Waals surface area contributed by atoms with E-state index in [0.29, 0.717) is 17.9 Å². The van der Waals surface area contributed by atoms with E-state index in [4.69, 9.17) is 14.9 Å². The standard InChI is InChI=1S/C17H17NO4/c18-10-13-3-5-14(6-4-13)15(11-19)7-8-17(20)22-12-16-2-1-9-21-16/h1-6,9H,7-8,10,12,18H2. The van der Waals surface area contributed by atoms with Crippen molar-refractivity contribution in [3.63, 3.8) is 0 Å². The summed E-state index contributed by atoms with van der Waals surface area (Å²) in [4.78, 5) is 22.7. The van der Waals surface area contributed by atoms with Gasteiger partial charge in [-0.15, -0.1) is 0 Å². The van der Waals surface area contributed by atoms with Gasteiger partial charge >= 0.3 is 5.97 Å². The fraction of sp³-hybridized carbons (Fsp3) is 0.235. The Kier molecular flexibility index (Phi) is 5.72. The molecule has 1 aromatic heterocycles. The molecule has 0 aliphatic heterocycles. The number of nitrogens with two attached hydrogens (primary N) is 1. The molecule has 0 bridgehead atoms. The average Bonchev–Trinajstić information content (AvgIpc) is 3.07. The molecule has 1 aromatic carbocycles. The molecule has 0 saturated carbocycles. The largest absolute Gasteiger partial charge is 0.466 e. The van der Waals surface area contributed by atoms with Crippen LogP contribution in [-0.4, -0.2) is 11.9 Å². The Labute approximate surface area is 128 Å². The van der Waals surface area contributed by atoms with Crippen molar-refractivity contribution in [3.8, 4) is 0 Å². The highest BCUT2D eigenvalue weighted by atomic mass is 16.5. The van der Waals surface area contributed by atoms with Crippen molar-refractivity contribution in [1.82, 2.24) is 0 Å². The molecule has 0 radical (unpaired) electrons. The van der Waals surface area contributed by atoms with Crippen LogP contribution in [0.1, 0.15) is 29.7 Å². The van der Waals surface area contributed by atoms with Gasteiger partial charge in [-0.3, -0.25) is 4.79 Å². The minimum atomic E-state index is -0.386. The fourth-order valence-corrected chi connectivity index (χ4v) is 1.94. The van der Waals surface area contributed by atoms with Gasteiger partial charge in [-0.1, -0.05) is 24.3 Å². The summed E-state index contributed by atoms with van der Waals surface area (Å²) in [7, 11) is 0. The van der Waals surface area contributed by atoms with Gasteiger partial charge in [-0.25, -0.2) is 4.79 Å². The molecule has 5 heteroatoms. The minimum absolute atomic E-state index is 0.0944. The highest BCUT2D eigenvalue weighted by molar-refractivity contribution is 5.89. The number of ether oxygens (including phenoxy) is 1. The lowest BCUT2D eigenvalue weighted by atomic mass is 10.0. The molecule has 0 unspecified atom stereocenters. The maximum atomic E-state index is 11.7. The Morgan fingerprint density at radius 2 is 1.95 bits per heavy atom. The molecule has 0 fully saturated rings. The molecule has 0 atom stereocenters. The molecular weight excluding hydrogens is 282 g/mol. The molecular formula is C17H17NO4. The van der Waals surface area contributed by atoms with Gasteiger partial charge in [0.25, 0.3) is 0 Å². The average molecular weight is 299 g/mol. The van der Waals surface area contributed by atoms with Crippen LogP contribution in [0, 0.1) is 0 Å². The Bertz CT molecular complexity index is 652. The monoisotopic (exact) mass is 299 g/mol. The molecule has 5 nitrogen and oxygen atoms in total. The fourth-order valence-electron chi connectivity index (χ4n) is 1.94. The first kappa shape index (κ1) is 15.8. The van der Waals surface area contributed by atoms with E-state index in [1.165, 1.54) is 6.26 Å². The number of carbonyl (C=O) groups excluding carboxylic acids is 2.